The van der Waals surface area contributed by atoms with Crippen molar-refractivity contribution in [3.63, 3.8) is 0 Å². The third kappa shape index (κ3) is 4.11. The van der Waals surface area contributed by atoms with E-state index in [0.717, 1.165) is 0 Å². The van der Waals surface area contributed by atoms with Gasteiger partial charge in [0.15, 0.2) is 0 Å². The third-order valence-corrected chi connectivity index (χ3v) is 3.94. The van der Waals surface area contributed by atoms with E-state index < -0.39 is 17.9 Å². The number of carbonyl (C=O) groups is 2. The molecule has 116 valence electrons. The molecule has 0 aliphatic carbocycles. The minimum Gasteiger partial charge on any atom is -0.480 e. The first kappa shape index (κ1) is 16.1. The van der Waals surface area contributed by atoms with Crippen LogP contribution in [0, 0.1) is 5.92 Å². The minimum atomic E-state index is -1.03. The Hall–Kier alpha value is -2.28. The fourth-order valence-corrected chi connectivity index (χ4v) is 2.71. The second kappa shape index (κ2) is 7.13. The Balaban J connectivity index is 2.10. The molecule has 7 heteroatoms. The van der Waals surface area contributed by atoms with Gasteiger partial charge in [0.25, 0.3) is 5.91 Å². The molecule has 0 saturated heterocycles. The van der Waals surface area contributed by atoms with Gasteiger partial charge in [-0.25, -0.2) is 9.78 Å². The normalized spacial score (nSPS) is 12.1. The number of carboxylic acids is 1. The number of carbonyl (C=O) groups excluding carboxylic acids is 1. The van der Waals surface area contributed by atoms with Gasteiger partial charge in [0, 0.05) is 6.20 Å². The molecule has 0 saturated carbocycles. The lowest BCUT2D eigenvalue weighted by Crippen LogP contribution is -2.41. The number of aromatic nitrogens is 2. The number of hydrogen-bond donors (Lipinski definition) is 2. The van der Waals surface area contributed by atoms with E-state index in [1.165, 1.54) is 17.5 Å². The highest BCUT2D eigenvalue weighted by Gasteiger charge is 2.23. The molecule has 0 radical (unpaired) electrons. The number of amides is 1. The molecule has 2 rings (SSSR count). The van der Waals surface area contributed by atoms with Gasteiger partial charge in [-0.3, -0.25) is 9.78 Å². The number of carboxylic acid groups (broad SMARTS) is 1. The number of pyridine rings is 1. The molecule has 0 fully saturated rings. The topological polar surface area (TPSA) is 92.2 Å². The highest BCUT2D eigenvalue weighted by Crippen LogP contribution is 2.23. The van der Waals surface area contributed by atoms with E-state index in [-0.39, 0.29) is 5.92 Å². The summed E-state index contributed by atoms with van der Waals surface area (Å²) in [6, 6.07) is 4.55. The molecule has 0 spiro atoms. The summed E-state index contributed by atoms with van der Waals surface area (Å²) in [7, 11) is 0. The van der Waals surface area contributed by atoms with E-state index in [9.17, 15) is 9.59 Å². The number of aliphatic carboxylic acids is 1. The lowest BCUT2D eigenvalue weighted by molar-refractivity contribution is -0.139. The molecular weight excluding hydrogens is 302 g/mol. The lowest BCUT2D eigenvalue weighted by Gasteiger charge is -2.15. The van der Waals surface area contributed by atoms with E-state index in [2.05, 4.69) is 15.3 Å². The molecule has 2 aromatic rings. The summed E-state index contributed by atoms with van der Waals surface area (Å²) < 4.78 is 0. The molecule has 0 aliphatic rings. The number of nitrogens with one attached hydrogen (secondary N) is 1. The predicted octanol–water partition coefficient (Wildman–Crippen LogP) is 2.43. The van der Waals surface area contributed by atoms with E-state index in [0.29, 0.717) is 22.0 Å². The van der Waals surface area contributed by atoms with Crippen molar-refractivity contribution >= 4 is 23.2 Å². The van der Waals surface area contributed by atoms with Crippen LogP contribution in [0.2, 0.25) is 0 Å². The van der Waals surface area contributed by atoms with Crippen molar-refractivity contribution in [2.75, 3.05) is 0 Å². The van der Waals surface area contributed by atoms with Crippen molar-refractivity contribution < 1.29 is 14.7 Å². The average molecular weight is 319 g/mol. The Morgan fingerprint density at radius 3 is 2.68 bits per heavy atom. The number of thiazole rings is 1. The molecule has 2 N–H and O–H groups in total. The zero-order valence-electron chi connectivity index (χ0n) is 12.3. The van der Waals surface area contributed by atoms with Gasteiger partial charge >= 0.3 is 5.97 Å². The Morgan fingerprint density at radius 1 is 1.32 bits per heavy atom. The molecular formula is C15H17N3O3S. The van der Waals surface area contributed by atoms with Crippen LogP contribution >= 0.6 is 11.3 Å². The second-order valence-corrected chi connectivity index (χ2v) is 6.27. The van der Waals surface area contributed by atoms with Crippen molar-refractivity contribution in [2.24, 2.45) is 5.92 Å². The maximum absolute atomic E-state index is 12.2. The SMILES string of the molecule is CC(C)C[C@H](NC(=O)c1cnc(-c2ccccn2)s1)C(=O)O. The van der Waals surface area contributed by atoms with Gasteiger partial charge in [-0.1, -0.05) is 19.9 Å². The quantitative estimate of drug-likeness (QED) is 0.853. The fraction of sp³-hybridized carbons (Fsp3) is 0.333. The molecule has 0 bridgehead atoms. The summed E-state index contributed by atoms with van der Waals surface area (Å²) in [6.07, 6.45) is 3.48. The Labute approximate surface area is 132 Å². The highest BCUT2D eigenvalue weighted by atomic mass is 32.1. The van der Waals surface area contributed by atoms with Gasteiger partial charge in [-0.05, 0) is 24.5 Å². The summed E-state index contributed by atoms with van der Waals surface area (Å²) in [5.74, 6) is -1.28. The molecule has 0 aromatic carbocycles. The molecule has 1 atom stereocenters. The zero-order chi connectivity index (χ0) is 16.1. The molecule has 22 heavy (non-hydrogen) atoms. The molecule has 2 heterocycles. The van der Waals surface area contributed by atoms with Gasteiger partial charge < -0.3 is 10.4 Å². The summed E-state index contributed by atoms with van der Waals surface area (Å²) in [5.41, 5.74) is 0.684. The van der Waals surface area contributed by atoms with Crippen LogP contribution in [0.1, 0.15) is 29.9 Å². The maximum Gasteiger partial charge on any atom is 0.326 e. The van der Waals surface area contributed by atoms with Crippen LogP contribution < -0.4 is 5.32 Å². The summed E-state index contributed by atoms with van der Waals surface area (Å²) in [4.78, 5) is 32.1. The van der Waals surface area contributed by atoms with E-state index >= 15 is 0 Å². The molecule has 2 aromatic heterocycles. The Bertz CT molecular complexity index is 655. The molecule has 6 nitrogen and oxygen atoms in total. The van der Waals surface area contributed by atoms with Crippen molar-refractivity contribution in [1.29, 1.82) is 0 Å². The van der Waals surface area contributed by atoms with Gasteiger partial charge in [0.1, 0.15) is 15.9 Å². The Morgan fingerprint density at radius 2 is 2.09 bits per heavy atom. The van der Waals surface area contributed by atoms with Gasteiger partial charge in [-0.15, -0.1) is 11.3 Å². The zero-order valence-corrected chi connectivity index (χ0v) is 13.1. The second-order valence-electron chi connectivity index (χ2n) is 5.24. The third-order valence-electron chi connectivity index (χ3n) is 2.92. The molecule has 0 aliphatic heterocycles. The van der Waals surface area contributed by atoms with Crippen LogP contribution in [-0.4, -0.2) is 33.0 Å². The van der Waals surface area contributed by atoms with Crippen molar-refractivity contribution in [3.05, 3.63) is 35.5 Å². The standard InChI is InChI=1S/C15H17N3O3S/c1-9(2)7-11(15(20)21)18-13(19)12-8-17-14(22-12)10-5-3-4-6-16-10/h3-6,8-9,11H,7H2,1-2H3,(H,18,19)(H,20,21)/t11-/m0/s1. The number of hydrogen-bond acceptors (Lipinski definition) is 5. The lowest BCUT2D eigenvalue weighted by atomic mass is 10.0. The first-order valence-corrected chi connectivity index (χ1v) is 7.70. The fourth-order valence-electron chi connectivity index (χ4n) is 1.91. The van der Waals surface area contributed by atoms with E-state index in [1.807, 2.05) is 19.9 Å². The molecule has 1 amide bonds. The van der Waals surface area contributed by atoms with Crippen LogP contribution in [0.4, 0.5) is 0 Å². The maximum atomic E-state index is 12.2. The van der Waals surface area contributed by atoms with Crippen LogP contribution in [0.15, 0.2) is 30.6 Å². The van der Waals surface area contributed by atoms with Crippen molar-refractivity contribution in [2.45, 2.75) is 26.3 Å². The van der Waals surface area contributed by atoms with Crippen molar-refractivity contribution in [3.8, 4) is 10.7 Å². The Kier molecular flexibility index (Phi) is 5.21. The summed E-state index contributed by atoms with van der Waals surface area (Å²) >= 11 is 1.19. The minimum absolute atomic E-state index is 0.173. The van der Waals surface area contributed by atoms with Crippen LogP contribution in [-0.2, 0) is 4.79 Å². The first-order valence-electron chi connectivity index (χ1n) is 6.88. The predicted molar refractivity (Wildman–Crippen MR) is 83.7 cm³/mol. The average Bonchev–Trinajstić information content (AvgIpc) is 2.96. The summed E-state index contributed by atoms with van der Waals surface area (Å²) in [6.45, 7) is 3.82. The smallest absolute Gasteiger partial charge is 0.326 e. The van der Waals surface area contributed by atoms with Crippen LogP contribution in [0.25, 0.3) is 10.7 Å². The van der Waals surface area contributed by atoms with Gasteiger partial charge in [0.05, 0.1) is 11.9 Å². The van der Waals surface area contributed by atoms with Crippen LogP contribution in [0.5, 0.6) is 0 Å². The first-order chi connectivity index (χ1) is 10.5. The number of rotatable bonds is 6. The number of nitrogens with zero attached hydrogens (tertiary/aromatic N) is 2. The monoisotopic (exact) mass is 319 g/mol. The van der Waals surface area contributed by atoms with E-state index in [4.69, 9.17) is 5.11 Å². The largest absolute Gasteiger partial charge is 0.480 e. The summed E-state index contributed by atoms with van der Waals surface area (Å²) in [5, 5.41) is 12.3. The van der Waals surface area contributed by atoms with Gasteiger partial charge in [-0.2, -0.15) is 0 Å². The van der Waals surface area contributed by atoms with E-state index in [1.54, 1.807) is 18.3 Å². The molecule has 0 unspecified atom stereocenters. The van der Waals surface area contributed by atoms with Crippen molar-refractivity contribution in [1.82, 2.24) is 15.3 Å². The van der Waals surface area contributed by atoms with Gasteiger partial charge in [0.2, 0.25) is 0 Å². The van der Waals surface area contributed by atoms with Crippen LogP contribution in [0.3, 0.4) is 0 Å². The highest BCUT2D eigenvalue weighted by molar-refractivity contribution is 7.16.